The first-order valence-electron chi connectivity index (χ1n) is 5.69. The Morgan fingerprint density at radius 2 is 1.56 bits per heavy atom. The molecule has 0 radical (unpaired) electrons. The summed E-state index contributed by atoms with van der Waals surface area (Å²) in [7, 11) is 0. The van der Waals surface area contributed by atoms with E-state index in [9.17, 15) is 0 Å². The zero-order valence-corrected chi connectivity index (χ0v) is 9.99. The first kappa shape index (κ1) is 10.1. The van der Waals surface area contributed by atoms with Gasteiger partial charge < -0.3 is 14.4 Å². The van der Waals surface area contributed by atoms with E-state index in [1.165, 1.54) is 11.3 Å². The highest BCUT2D eigenvalue weighted by atomic mass is 16.7. The molecule has 0 aromatic heterocycles. The minimum Gasteiger partial charge on any atom is -0.348 e. The van der Waals surface area contributed by atoms with Crippen molar-refractivity contribution in [1.82, 2.24) is 0 Å². The summed E-state index contributed by atoms with van der Waals surface area (Å²) in [6.45, 7) is 7.92. The Morgan fingerprint density at radius 3 is 2.00 bits per heavy atom. The number of ether oxygens (including phenoxy) is 2. The summed E-state index contributed by atoms with van der Waals surface area (Å²) >= 11 is 0. The molecule has 86 valence electrons. The number of anilines is 1. The molecule has 2 saturated heterocycles. The van der Waals surface area contributed by atoms with E-state index >= 15 is 0 Å². The van der Waals surface area contributed by atoms with Crippen LogP contribution in [0.2, 0.25) is 0 Å². The van der Waals surface area contributed by atoms with Crippen LogP contribution in [0, 0.1) is 6.92 Å². The van der Waals surface area contributed by atoms with Crippen molar-refractivity contribution in [3.8, 4) is 0 Å². The SMILES string of the molecule is Cc1ccccc1N(C1(C)CO1)C1(C)CO1. The lowest BCUT2D eigenvalue weighted by molar-refractivity contribution is 0.230. The van der Waals surface area contributed by atoms with Crippen LogP contribution in [0.1, 0.15) is 19.4 Å². The maximum atomic E-state index is 5.58. The molecule has 2 atom stereocenters. The first-order chi connectivity index (χ1) is 7.55. The summed E-state index contributed by atoms with van der Waals surface area (Å²) in [5, 5.41) is 0. The van der Waals surface area contributed by atoms with E-state index < -0.39 is 0 Å². The van der Waals surface area contributed by atoms with E-state index in [1.807, 2.05) is 0 Å². The van der Waals surface area contributed by atoms with Crippen LogP contribution in [-0.2, 0) is 9.47 Å². The molecule has 2 fully saturated rings. The van der Waals surface area contributed by atoms with Gasteiger partial charge in [-0.15, -0.1) is 0 Å². The molecular weight excluding hydrogens is 202 g/mol. The van der Waals surface area contributed by atoms with E-state index in [2.05, 4.69) is 49.9 Å². The first-order valence-corrected chi connectivity index (χ1v) is 5.69. The Morgan fingerprint density at radius 1 is 1.06 bits per heavy atom. The Labute approximate surface area is 96.0 Å². The van der Waals surface area contributed by atoms with Crippen LogP contribution in [0.15, 0.2) is 24.3 Å². The summed E-state index contributed by atoms with van der Waals surface area (Å²) in [6, 6.07) is 8.38. The van der Waals surface area contributed by atoms with E-state index in [0.29, 0.717) is 0 Å². The van der Waals surface area contributed by atoms with Crippen LogP contribution in [0.5, 0.6) is 0 Å². The van der Waals surface area contributed by atoms with Crippen molar-refractivity contribution in [3.05, 3.63) is 29.8 Å². The number of hydrogen-bond donors (Lipinski definition) is 0. The third kappa shape index (κ3) is 1.43. The van der Waals surface area contributed by atoms with E-state index in [4.69, 9.17) is 9.47 Å². The Kier molecular flexibility index (Phi) is 1.89. The highest BCUT2D eigenvalue weighted by Crippen LogP contribution is 2.46. The van der Waals surface area contributed by atoms with Gasteiger partial charge in [-0.3, -0.25) is 0 Å². The van der Waals surface area contributed by atoms with Gasteiger partial charge in [0.1, 0.15) is 0 Å². The van der Waals surface area contributed by atoms with Gasteiger partial charge in [-0.05, 0) is 32.4 Å². The van der Waals surface area contributed by atoms with E-state index in [-0.39, 0.29) is 11.4 Å². The molecule has 2 aliphatic heterocycles. The fraction of sp³-hybridized carbons (Fsp3) is 0.538. The van der Waals surface area contributed by atoms with Gasteiger partial charge in [0.15, 0.2) is 11.4 Å². The van der Waals surface area contributed by atoms with Crippen LogP contribution >= 0.6 is 0 Å². The fourth-order valence-electron chi connectivity index (χ4n) is 2.29. The maximum absolute atomic E-state index is 5.58. The van der Waals surface area contributed by atoms with Gasteiger partial charge in [0, 0.05) is 5.69 Å². The van der Waals surface area contributed by atoms with Crippen LogP contribution < -0.4 is 4.90 Å². The maximum Gasteiger partial charge on any atom is 0.164 e. The monoisotopic (exact) mass is 219 g/mol. The highest BCUT2D eigenvalue weighted by molar-refractivity contribution is 5.58. The van der Waals surface area contributed by atoms with E-state index in [1.54, 1.807) is 0 Å². The number of rotatable bonds is 3. The zero-order valence-electron chi connectivity index (χ0n) is 9.99. The minimum atomic E-state index is -0.183. The summed E-state index contributed by atoms with van der Waals surface area (Å²) in [5.74, 6) is 0. The summed E-state index contributed by atoms with van der Waals surface area (Å²) < 4.78 is 11.2. The van der Waals surface area contributed by atoms with Crippen molar-refractivity contribution >= 4 is 5.69 Å². The van der Waals surface area contributed by atoms with Gasteiger partial charge in [0.25, 0.3) is 0 Å². The number of para-hydroxylation sites is 1. The van der Waals surface area contributed by atoms with Gasteiger partial charge in [-0.1, -0.05) is 18.2 Å². The average Bonchev–Trinajstić information content (AvgIpc) is 3.13. The molecule has 0 aliphatic carbocycles. The zero-order chi connectivity index (χ0) is 11.4. The normalized spacial score (nSPS) is 35.9. The molecule has 0 bridgehead atoms. The Bertz CT molecular complexity index is 404. The van der Waals surface area contributed by atoms with Gasteiger partial charge in [-0.2, -0.15) is 0 Å². The second kappa shape index (κ2) is 2.99. The fourth-order valence-corrected chi connectivity index (χ4v) is 2.29. The van der Waals surface area contributed by atoms with Gasteiger partial charge in [0.05, 0.1) is 13.2 Å². The van der Waals surface area contributed by atoms with Crippen molar-refractivity contribution in [2.75, 3.05) is 18.1 Å². The molecule has 1 aromatic carbocycles. The third-order valence-electron chi connectivity index (χ3n) is 3.43. The molecule has 2 heterocycles. The molecule has 0 N–H and O–H groups in total. The van der Waals surface area contributed by atoms with Crippen LogP contribution in [-0.4, -0.2) is 24.7 Å². The van der Waals surface area contributed by atoms with Crippen LogP contribution in [0.4, 0.5) is 5.69 Å². The Balaban J connectivity index is 2.04. The standard InChI is InChI=1S/C13H17NO2/c1-10-6-4-5-7-11(10)14(12(2)8-15-12)13(3)9-16-13/h4-7H,8-9H2,1-3H3. The predicted molar refractivity (Wildman–Crippen MR) is 62.4 cm³/mol. The average molecular weight is 219 g/mol. The highest BCUT2D eigenvalue weighted by Gasteiger charge is 2.59. The predicted octanol–water partition coefficient (Wildman–Crippen LogP) is 2.29. The number of epoxide rings is 2. The molecule has 3 nitrogen and oxygen atoms in total. The van der Waals surface area contributed by atoms with Crippen molar-refractivity contribution in [2.24, 2.45) is 0 Å². The second-order valence-electron chi connectivity index (χ2n) is 5.05. The van der Waals surface area contributed by atoms with Crippen molar-refractivity contribution in [2.45, 2.75) is 32.2 Å². The molecule has 0 spiro atoms. The quantitative estimate of drug-likeness (QED) is 0.730. The van der Waals surface area contributed by atoms with Crippen LogP contribution in [0.25, 0.3) is 0 Å². The topological polar surface area (TPSA) is 28.3 Å². The number of aryl methyl sites for hydroxylation is 1. The molecule has 0 saturated carbocycles. The van der Waals surface area contributed by atoms with Crippen molar-refractivity contribution < 1.29 is 9.47 Å². The largest absolute Gasteiger partial charge is 0.348 e. The number of benzene rings is 1. The van der Waals surface area contributed by atoms with Gasteiger partial charge >= 0.3 is 0 Å². The molecule has 2 unspecified atom stereocenters. The number of hydrogen-bond acceptors (Lipinski definition) is 3. The lowest BCUT2D eigenvalue weighted by atomic mass is 10.1. The molecule has 3 heteroatoms. The molecule has 0 amide bonds. The third-order valence-corrected chi connectivity index (χ3v) is 3.43. The van der Waals surface area contributed by atoms with Crippen LogP contribution in [0.3, 0.4) is 0 Å². The second-order valence-corrected chi connectivity index (χ2v) is 5.05. The van der Waals surface area contributed by atoms with Crippen molar-refractivity contribution in [1.29, 1.82) is 0 Å². The smallest absolute Gasteiger partial charge is 0.164 e. The molecule has 2 aliphatic rings. The van der Waals surface area contributed by atoms with Crippen molar-refractivity contribution in [3.63, 3.8) is 0 Å². The van der Waals surface area contributed by atoms with E-state index in [0.717, 1.165) is 13.2 Å². The molecule has 16 heavy (non-hydrogen) atoms. The summed E-state index contributed by atoms with van der Waals surface area (Å²) in [4.78, 5) is 2.27. The van der Waals surface area contributed by atoms with Gasteiger partial charge in [0.2, 0.25) is 0 Å². The number of nitrogens with zero attached hydrogens (tertiary/aromatic N) is 1. The summed E-state index contributed by atoms with van der Waals surface area (Å²) in [6.07, 6.45) is 0. The Hall–Kier alpha value is -1.06. The molecule has 3 rings (SSSR count). The molecule has 1 aromatic rings. The lowest BCUT2D eigenvalue weighted by Crippen LogP contribution is -2.46. The lowest BCUT2D eigenvalue weighted by Gasteiger charge is -2.33. The molecular formula is C13H17NO2. The minimum absolute atomic E-state index is 0.183. The summed E-state index contributed by atoms with van der Waals surface area (Å²) in [5.41, 5.74) is 2.10. The van der Waals surface area contributed by atoms with Gasteiger partial charge in [-0.25, -0.2) is 0 Å².